The molecule has 0 fully saturated rings. The number of alkyl halides is 5. The van der Waals surface area contributed by atoms with E-state index in [9.17, 15) is 45.1 Å². The Balaban J connectivity index is 1.73. The minimum absolute atomic E-state index is 0.0110. The number of halogens is 8. The van der Waals surface area contributed by atoms with Gasteiger partial charge in [-0.25, -0.2) is 22.4 Å². The van der Waals surface area contributed by atoms with E-state index in [-0.39, 0.29) is 33.4 Å². The van der Waals surface area contributed by atoms with E-state index < -0.39 is 76.7 Å². The molecule has 15 heteroatoms. The van der Waals surface area contributed by atoms with Crippen LogP contribution in [0, 0.1) is 11.6 Å². The lowest BCUT2D eigenvalue weighted by Gasteiger charge is -2.18. The number of oxazole rings is 1. The standard InChI is InChI=1S/C25H13ClF7N3O4/c26-14-2-1-11(27)6-13(14)20-18-15(34-22(37)9-3-10(25(31,32)33)5-12(28)4-9)7-16-21(19(18)23(38)35-20)40-24(39)36(16)8-17(29)30/h1-7,17,20H,8H2,(H,34,37)(H,35,38)/t20-/m0/s1. The second-order valence-electron chi connectivity index (χ2n) is 8.68. The zero-order valence-electron chi connectivity index (χ0n) is 19.5. The van der Waals surface area contributed by atoms with Gasteiger partial charge in [0.25, 0.3) is 18.2 Å². The maximum atomic E-state index is 14.1. The Hall–Kier alpha value is -4.33. The van der Waals surface area contributed by atoms with Crippen molar-refractivity contribution >= 4 is 40.2 Å². The van der Waals surface area contributed by atoms with Gasteiger partial charge in [0, 0.05) is 27.4 Å². The van der Waals surface area contributed by atoms with Crippen LogP contribution in [-0.4, -0.2) is 22.8 Å². The van der Waals surface area contributed by atoms with Crippen LogP contribution in [0.25, 0.3) is 11.1 Å². The summed E-state index contributed by atoms with van der Waals surface area (Å²) in [5, 5.41) is 4.71. The number of benzene rings is 3. The van der Waals surface area contributed by atoms with Crippen LogP contribution in [0.2, 0.25) is 5.02 Å². The first-order chi connectivity index (χ1) is 18.7. The average molecular weight is 588 g/mol. The third-order valence-corrected chi connectivity index (χ3v) is 6.46. The summed E-state index contributed by atoms with van der Waals surface area (Å²) in [5.74, 6) is -5.59. The van der Waals surface area contributed by atoms with Gasteiger partial charge in [0.2, 0.25) is 0 Å². The van der Waals surface area contributed by atoms with Gasteiger partial charge in [-0.3, -0.25) is 14.2 Å². The number of fused-ring (bicyclic) bond motifs is 3. The number of amides is 2. The molecule has 2 amide bonds. The predicted molar refractivity (Wildman–Crippen MR) is 127 cm³/mol. The van der Waals surface area contributed by atoms with Gasteiger partial charge in [-0.05, 0) is 42.5 Å². The molecule has 2 heterocycles. The van der Waals surface area contributed by atoms with Crippen molar-refractivity contribution in [2.45, 2.75) is 25.2 Å². The molecule has 0 bridgehead atoms. The van der Waals surface area contributed by atoms with Gasteiger partial charge < -0.3 is 15.1 Å². The molecule has 40 heavy (non-hydrogen) atoms. The fourth-order valence-electron chi connectivity index (χ4n) is 4.47. The second-order valence-corrected chi connectivity index (χ2v) is 9.09. The van der Waals surface area contributed by atoms with Gasteiger partial charge in [0.1, 0.15) is 11.6 Å². The third-order valence-electron chi connectivity index (χ3n) is 6.12. The summed E-state index contributed by atoms with van der Waals surface area (Å²) in [6.45, 7) is -1.16. The minimum atomic E-state index is -4.99. The highest BCUT2D eigenvalue weighted by molar-refractivity contribution is 6.31. The molecule has 208 valence electrons. The van der Waals surface area contributed by atoms with Gasteiger partial charge >= 0.3 is 11.9 Å². The first-order valence-electron chi connectivity index (χ1n) is 11.2. The van der Waals surface area contributed by atoms with Gasteiger partial charge in [-0.15, -0.1) is 0 Å². The van der Waals surface area contributed by atoms with E-state index >= 15 is 0 Å². The van der Waals surface area contributed by atoms with Gasteiger partial charge in [0.15, 0.2) is 5.58 Å². The van der Waals surface area contributed by atoms with E-state index in [0.29, 0.717) is 16.7 Å². The third kappa shape index (κ3) is 4.78. The highest BCUT2D eigenvalue weighted by atomic mass is 35.5. The Morgan fingerprint density at radius 1 is 1.07 bits per heavy atom. The normalized spacial score (nSPS) is 15.0. The highest BCUT2D eigenvalue weighted by Crippen LogP contribution is 2.43. The van der Waals surface area contributed by atoms with Crippen molar-refractivity contribution in [3.05, 3.63) is 97.5 Å². The summed E-state index contributed by atoms with van der Waals surface area (Å²) in [6.07, 6.45) is -8.03. The van der Waals surface area contributed by atoms with E-state index in [2.05, 4.69) is 10.6 Å². The van der Waals surface area contributed by atoms with Crippen LogP contribution in [0.4, 0.5) is 36.4 Å². The lowest BCUT2D eigenvalue weighted by molar-refractivity contribution is -0.137. The fraction of sp³-hybridized carbons (Fsp3) is 0.160. The van der Waals surface area contributed by atoms with E-state index in [1.165, 1.54) is 6.07 Å². The molecule has 4 aromatic rings. The van der Waals surface area contributed by atoms with Crippen molar-refractivity contribution in [2.24, 2.45) is 0 Å². The average Bonchev–Trinajstić information content (AvgIpc) is 3.36. The van der Waals surface area contributed by atoms with Crippen LogP contribution >= 0.6 is 11.6 Å². The molecule has 1 atom stereocenters. The van der Waals surface area contributed by atoms with Gasteiger partial charge in [-0.1, -0.05) is 11.6 Å². The van der Waals surface area contributed by atoms with Gasteiger partial charge in [-0.2, -0.15) is 13.2 Å². The van der Waals surface area contributed by atoms with Crippen molar-refractivity contribution in [3.8, 4) is 0 Å². The Morgan fingerprint density at radius 2 is 1.80 bits per heavy atom. The molecule has 2 N–H and O–H groups in total. The largest absolute Gasteiger partial charge is 0.420 e. The van der Waals surface area contributed by atoms with Crippen LogP contribution in [0.3, 0.4) is 0 Å². The van der Waals surface area contributed by atoms with Crippen LogP contribution in [0.1, 0.15) is 43.4 Å². The molecule has 0 saturated heterocycles. The van der Waals surface area contributed by atoms with E-state index in [0.717, 1.165) is 18.2 Å². The smallest absolute Gasteiger partial charge is 0.407 e. The van der Waals surface area contributed by atoms with Crippen LogP contribution < -0.4 is 16.4 Å². The summed E-state index contributed by atoms with van der Waals surface area (Å²) in [6, 6.07) is 3.97. The van der Waals surface area contributed by atoms with Crippen LogP contribution in [0.15, 0.2) is 51.7 Å². The summed E-state index contributed by atoms with van der Waals surface area (Å²) in [4.78, 5) is 38.5. The lowest BCUT2D eigenvalue weighted by atomic mass is 9.95. The van der Waals surface area contributed by atoms with Gasteiger partial charge in [0.05, 0.1) is 29.2 Å². The molecular formula is C25H13ClF7N3O4. The minimum Gasteiger partial charge on any atom is -0.407 e. The zero-order valence-corrected chi connectivity index (χ0v) is 20.3. The number of aromatic nitrogens is 1. The number of nitrogens with one attached hydrogen (secondary N) is 2. The Morgan fingerprint density at radius 3 is 2.48 bits per heavy atom. The molecule has 0 saturated carbocycles. The van der Waals surface area contributed by atoms with Crippen molar-refractivity contribution in [1.29, 1.82) is 0 Å². The molecular weight excluding hydrogens is 575 g/mol. The van der Waals surface area contributed by atoms with Crippen molar-refractivity contribution in [2.75, 3.05) is 5.32 Å². The number of nitrogens with zero attached hydrogens (tertiary/aromatic N) is 1. The monoisotopic (exact) mass is 587 g/mol. The first kappa shape index (κ1) is 27.2. The molecule has 0 radical (unpaired) electrons. The molecule has 0 spiro atoms. The summed E-state index contributed by atoms with van der Waals surface area (Å²) < 4.78 is 99.7. The summed E-state index contributed by atoms with van der Waals surface area (Å²) in [7, 11) is 0. The maximum Gasteiger partial charge on any atom is 0.420 e. The van der Waals surface area contributed by atoms with Crippen LogP contribution in [-0.2, 0) is 12.7 Å². The Kier molecular flexibility index (Phi) is 6.60. The number of carbonyl (C=O) groups excluding carboxylic acids is 2. The number of anilines is 1. The zero-order chi connectivity index (χ0) is 29.1. The number of carbonyl (C=O) groups is 2. The van der Waals surface area contributed by atoms with E-state index in [1.54, 1.807) is 0 Å². The number of hydrogen-bond acceptors (Lipinski definition) is 4. The quantitative estimate of drug-likeness (QED) is 0.285. The van der Waals surface area contributed by atoms with Crippen LogP contribution in [0.5, 0.6) is 0 Å². The molecule has 1 aliphatic heterocycles. The van der Waals surface area contributed by atoms with Crippen molar-refractivity contribution in [3.63, 3.8) is 0 Å². The van der Waals surface area contributed by atoms with Crippen molar-refractivity contribution in [1.82, 2.24) is 9.88 Å². The summed E-state index contributed by atoms with van der Waals surface area (Å²) >= 11 is 6.21. The Bertz CT molecular complexity index is 1760. The summed E-state index contributed by atoms with van der Waals surface area (Å²) in [5.41, 5.74) is -3.91. The molecule has 1 aromatic heterocycles. The molecule has 1 aliphatic rings. The number of hydrogen-bond donors (Lipinski definition) is 2. The predicted octanol–water partition coefficient (Wildman–Crippen LogP) is 5.90. The molecule has 3 aromatic carbocycles. The molecule has 5 rings (SSSR count). The fourth-order valence-corrected chi connectivity index (χ4v) is 4.70. The van der Waals surface area contributed by atoms with Crippen molar-refractivity contribution < 1.29 is 44.7 Å². The molecule has 0 aliphatic carbocycles. The SMILES string of the molecule is O=C(Nc1cc2c(oc(=O)n2CC(F)F)c2c1[C@H](c1cc(F)ccc1Cl)NC2=O)c1cc(F)cc(C(F)(F)F)c1. The maximum absolute atomic E-state index is 14.1. The first-order valence-corrected chi connectivity index (χ1v) is 11.6. The molecule has 7 nitrogen and oxygen atoms in total. The lowest BCUT2D eigenvalue weighted by Crippen LogP contribution is -2.21. The van der Waals surface area contributed by atoms with E-state index in [1.807, 2.05) is 0 Å². The number of rotatable bonds is 5. The topological polar surface area (TPSA) is 93.3 Å². The van der Waals surface area contributed by atoms with E-state index in [4.69, 9.17) is 16.0 Å². The molecule has 0 unspecified atom stereocenters. The Labute approximate surface area is 223 Å². The highest BCUT2D eigenvalue weighted by Gasteiger charge is 2.39. The second kappa shape index (κ2) is 9.70.